The predicted octanol–water partition coefficient (Wildman–Crippen LogP) is 6.85. The zero-order valence-corrected chi connectivity index (χ0v) is 34.4. The number of carbonyl (C=O) groups excluding carboxylic acids is 2. The van der Waals surface area contributed by atoms with Gasteiger partial charge in [0.1, 0.15) is 16.7 Å². The van der Waals surface area contributed by atoms with Crippen molar-refractivity contribution >= 4 is 68.4 Å². The second-order valence-corrected chi connectivity index (χ2v) is 17.8. The molecule has 3 aliphatic heterocycles. The molecule has 6 rings (SSSR count). The molecule has 0 aliphatic carbocycles. The maximum atomic E-state index is 13.0. The van der Waals surface area contributed by atoms with Crippen LogP contribution in [0, 0.1) is 0 Å². The average molecular weight is 833 g/mol. The Hall–Kier alpha value is -4.84. The van der Waals surface area contributed by atoms with E-state index in [4.69, 9.17) is 1.43 Å². The minimum atomic E-state index is -4.70. The van der Waals surface area contributed by atoms with Crippen molar-refractivity contribution in [3.8, 4) is 0 Å². The molecule has 3 aromatic carbocycles. The molecule has 0 spiro atoms. The first kappa shape index (κ1) is 41.3. The summed E-state index contributed by atoms with van der Waals surface area (Å²) in [7, 11) is -4.70. The topological polar surface area (TPSA) is 200 Å². The highest BCUT2D eigenvalue weighted by Gasteiger charge is 2.45. The molecule has 3 aliphatic rings. The molecule has 0 unspecified atom stereocenters. The third-order valence-electron chi connectivity index (χ3n) is 11.0. The van der Waals surface area contributed by atoms with Gasteiger partial charge in [0.2, 0.25) is 17.5 Å². The van der Waals surface area contributed by atoms with Crippen LogP contribution in [0.2, 0.25) is 0 Å². The van der Waals surface area contributed by atoms with Crippen molar-refractivity contribution in [1.29, 1.82) is 1.43 Å². The number of carboxylic acids is 1. The Morgan fingerprint density at radius 2 is 1.59 bits per heavy atom. The molecule has 16 heteroatoms. The molecule has 3 N–H and O–H groups in total. The summed E-state index contributed by atoms with van der Waals surface area (Å²) in [4.78, 5) is 40.9. The van der Waals surface area contributed by atoms with Crippen LogP contribution in [0.1, 0.15) is 101 Å². The number of allylic oxidation sites excluding steroid dienone is 4. The number of nitrogens with zero attached hydrogens (tertiary/aromatic N) is 2. The summed E-state index contributed by atoms with van der Waals surface area (Å²) >= 11 is 0.823. The summed E-state index contributed by atoms with van der Waals surface area (Å²) in [5.74, 6) is -1.50. The van der Waals surface area contributed by atoms with Gasteiger partial charge in [-0.3, -0.25) is 14.6 Å². The van der Waals surface area contributed by atoms with Gasteiger partial charge >= 0.3 is 5.97 Å². The summed E-state index contributed by atoms with van der Waals surface area (Å²) in [5.41, 5.74) is 4.84. The zero-order valence-electron chi connectivity index (χ0n) is 33.8. The number of anilines is 3. The lowest BCUT2D eigenvalue weighted by molar-refractivity contribution is -0.777. The second kappa shape index (κ2) is 17.6. The Kier molecular flexibility index (Phi) is 12.5. The number of carbonyl (C=O) groups is 3. The van der Waals surface area contributed by atoms with Crippen LogP contribution in [0.15, 0.2) is 88.3 Å². The third kappa shape index (κ3) is 9.38. The molecule has 0 fully saturated rings. The van der Waals surface area contributed by atoms with Crippen molar-refractivity contribution in [3.63, 3.8) is 0 Å². The van der Waals surface area contributed by atoms with Gasteiger partial charge in [0.25, 0.3) is 1.43 Å². The molecule has 3 heterocycles. The van der Waals surface area contributed by atoms with E-state index in [0.29, 0.717) is 49.2 Å². The molecule has 58 heavy (non-hydrogen) atoms. The predicted molar refractivity (Wildman–Crippen MR) is 217 cm³/mol. The maximum absolute atomic E-state index is 13.0. The largest absolute Gasteiger partial charge is 0.744 e. The Bertz CT molecular complexity index is 2340. The first-order valence-electron chi connectivity index (χ1n) is 19.6. The summed E-state index contributed by atoms with van der Waals surface area (Å²) in [6, 6.07) is 14.6. The summed E-state index contributed by atoms with van der Waals surface area (Å²) < 4.78 is 50.2. The normalized spacial score (nSPS) is 20.5. The van der Waals surface area contributed by atoms with Gasteiger partial charge in [0.15, 0.2) is 5.71 Å². The molecule has 0 radical (unpaired) electrons. The van der Waals surface area contributed by atoms with Crippen LogP contribution >= 0.6 is 12.0 Å². The Balaban J connectivity index is 1.36. The van der Waals surface area contributed by atoms with Gasteiger partial charge in [-0.15, -0.1) is 0 Å². The van der Waals surface area contributed by atoms with E-state index < -0.39 is 26.9 Å². The molecular formula is C42H47N4O10S2-. The lowest BCUT2D eigenvalue weighted by atomic mass is 9.81. The van der Waals surface area contributed by atoms with E-state index in [1.165, 1.54) is 24.3 Å². The van der Waals surface area contributed by atoms with E-state index in [9.17, 15) is 32.6 Å². The van der Waals surface area contributed by atoms with E-state index in [1.807, 2.05) is 44.2 Å². The molecule has 0 saturated carbocycles. The van der Waals surface area contributed by atoms with Gasteiger partial charge in [-0.05, 0) is 99.7 Å². The van der Waals surface area contributed by atoms with E-state index >= 15 is 0 Å². The molecule has 0 atom stereocenters. The van der Waals surface area contributed by atoms with Crippen molar-refractivity contribution < 1.29 is 51.7 Å². The van der Waals surface area contributed by atoms with Crippen LogP contribution in [0.5, 0.6) is 0 Å². The van der Waals surface area contributed by atoms with Crippen molar-refractivity contribution in [2.75, 3.05) is 28.6 Å². The van der Waals surface area contributed by atoms with Crippen molar-refractivity contribution in [1.82, 2.24) is 0 Å². The van der Waals surface area contributed by atoms with Gasteiger partial charge in [0, 0.05) is 76.6 Å². The summed E-state index contributed by atoms with van der Waals surface area (Å²) in [6.45, 7) is 9.42. The lowest BCUT2D eigenvalue weighted by Gasteiger charge is -2.27. The monoisotopic (exact) mass is 832 g/mol. The lowest BCUT2D eigenvalue weighted by Crippen LogP contribution is -2.28. The van der Waals surface area contributed by atoms with Crippen LogP contribution < -0.4 is 20.8 Å². The van der Waals surface area contributed by atoms with E-state index in [2.05, 4.69) is 54.5 Å². The SMILES string of the molecule is [2H]OC(=O)c1cc2cc(c1)NC(=O)CCCCC[N+]1=C(/C=C/C=C3/N(CCCCCC(=O)N2)c2ccc(S(=O)(=O)[O-])cc2C3(C)C)C(C)(C)c2cc(SOO[O-])ccc21. The fourth-order valence-electron chi connectivity index (χ4n) is 8.08. The Labute approximate surface area is 343 Å². The quantitative estimate of drug-likeness (QED) is 0.0796. The zero-order chi connectivity index (χ0) is 42.5. The molecule has 3 aromatic rings. The van der Waals surface area contributed by atoms with Crippen LogP contribution in [0.3, 0.4) is 0 Å². The number of rotatable bonds is 5. The smallest absolute Gasteiger partial charge is 0.335 e. The standard InChI is InChI=1S/C42H48N4O10S2/c1-41(2)32-25-30(57-56-55-51)16-18-34(32)45-20-9-5-7-14-38(47)43-28-22-27(40(49)50)23-29(24-28)44-39(48)15-8-6-10-21-46-35-19-17-31(58(52,53)54)26-33(35)42(3,4)37(46)13-11-12-36(41)45/h11-13,16-19,22-26H,5-10,14-15,20-21H2,1-4H3,(H4-,43,44,47,48,49,50,51,52,53,54)/p-1/i/hD. The van der Waals surface area contributed by atoms with Gasteiger partial charge in [-0.2, -0.15) is 8.91 Å². The number of amides is 2. The molecule has 308 valence electrons. The number of aromatic carboxylic acids is 1. The number of nitrogens with one attached hydrogen (secondary N) is 2. The van der Waals surface area contributed by atoms with Gasteiger partial charge in [0.05, 0.1) is 27.9 Å². The Morgan fingerprint density at radius 3 is 2.24 bits per heavy atom. The van der Waals surface area contributed by atoms with E-state index in [-0.39, 0.29) is 46.5 Å². The number of benzene rings is 3. The average Bonchev–Trinajstić information content (AvgIpc) is 3.53. The van der Waals surface area contributed by atoms with E-state index in [1.54, 1.807) is 12.1 Å². The second-order valence-electron chi connectivity index (χ2n) is 15.7. The summed E-state index contributed by atoms with van der Waals surface area (Å²) in [6.07, 6.45) is 10.4. The molecule has 2 bridgehead atoms. The minimum Gasteiger partial charge on any atom is -0.744 e. The highest BCUT2D eigenvalue weighted by molar-refractivity contribution is 7.94. The van der Waals surface area contributed by atoms with Crippen LogP contribution in [-0.2, 0) is 39.9 Å². The minimum absolute atomic E-state index is 0.000842. The van der Waals surface area contributed by atoms with Gasteiger partial charge < -0.3 is 30.5 Å². The van der Waals surface area contributed by atoms with Crippen molar-refractivity contribution in [2.45, 2.75) is 99.7 Å². The fourth-order valence-corrected chi connectivity index (χ4v) is 8.98. The number of fused-ring (bicyclic) bond motifs is 7. The Morgan fingerprint density at radius 1 is 0.897 bits per heavy atom. The first-order chi connectivity index (χ1) is 28.0. The molecule has 0 aromatic heterocycles. The highest BCUT2D eigenvalue weighted by Crippen LogP contribution is 2.49. The van der Waals surface area contributed by atoms with Gasteiger partial charge in [-0.1, -0.05) is 26.3 Å². The molecule has 2 amide bonds. The third-order valence-corrected chi connectivity index (χ3v) is 12.4. The molecule has 14 nitrogen and oxygen atoms in total. The highest BCUT2D eigenvalue weighted by atomic mass is 32.2. The first-order valence-corrected chi connectivity index (χ1v) is 21.3. The van der Waals surface area contributed by atoms with Crippen molar-refractivity contribution in [3.05, 3.63) is 95.2 Å². The fraction of sp³-hybridized carbons (Fsp3) is 0.381. The van der Waals surface area contributed by atoms with Crippen molar-refractivity contribution in [2.24, 2.45) is 0 Å². The number of hydrogen-bond acceptors (Lipinski definition) is 12. The van der Waals surface area contributed by atoms with E-state index in [0.717, 1.165) is 53.2 Å². The summed E-state index contributed by atoms with van der Waals surface area (Å²) in [5, 5.41) is 23.9. The van der Waals surface area contributed by atoms with Crippen LogP contribution in [0.4, 0.5) is 22.7 Å². The van der Waals surface area contributed by atoms with Gasteiger partial charge in [-0.25, -0.2) is 13.2 Å². The maximum Gasteiger partial charge on any atom is 0.335 e. The number of hydrogen-bond donors (Lipinski definition) is 3. The molecule has 0 saturated heterocycles. The number of carboxylic acid groups (broad SMARTS) is 1. The molecular weight excluding hydrogens is 785 g/mol. The van der Waals surface area contributed by atoms with Crippen LogP contribution in [-0.4, -0.2) is 59.2 Å². The van der Waals surface area contributed by atoms with Crippen LogP contribution in [0.25, 0.3) is 1.43 Å².